The van der Waals surface area contributed by atoms with Crippen LogP contribution in [0.2, 0.25) is 0 Å². The molecule has 21 heavy (non-hydrogen) atoms. The molecule has 0 saturated carbocycles. The van der Waals surface area contributed by atoms with Gasteiger partial charge >= 0.3 is 21.6 Å². The van der Waals surface area contributed by atoms with Crippen molar-refractivity contribution < 1.29 is 40.4 Å². The van der Waals surface area contributed by atoms with Crippen LogP contribution in [0.25, 0.3) is 0 Å². The Morgan fingerprint density at radius 2 is 1.86 bits per heavy atom. The number of carbonyl (C=O) groups is 1. The fourth-order valence-electron chi connectivity index (χ4n) is 1.26. The topological polar surface area (TPSA) is 89.9 Å². The van der Waals surface area contributed by atoms with Crippen molar-refractivity contribution in [2.45, 2.75) is 25.5 Å². The maximum absolute atomic E-state index is 12.2. The van der Waals surface area contributed by atoms with Gasteiger partial charge in [0.05, 0.1) is 6.10 Å². The van der Waals surface area contributed by atoms with Gasteiger partial charge in [-0.05, 0) is 26.0 Å². The van der Waals surface area contributed by atoms with E-state index in [-0.39, 0.29) is 11.3 Å². The molecule has 0 fully saturated rings. The van der Waals surface area contributed by atoms with Crippen molar-refractivity contribution in [3.05, 3.63) is 23.8 Å². The molecule has 1 aromatic rings. The number of alkyl halides is 3. The third kappa shape index (κ3) is 4.25. The number of aromatic carboxylic acids is 1. The highest BCUT2D eigenvalue weighted by Gasteiger charge is 2.48. The Balaban J connectivity index is 3.20. The van der Waals surface area contributed by atoms with Gasteiger partial charge in [-0.2, -0.15) is 21.6 Å². The molecule has 118 valence electrons. The highest BCUT2D eigenvalue weighted by molar-refractivity contribution is 7.88. The van der Waals surface area contributed by atoms with E-state index in [1.165, 1.54) is 0 Å². The van der Waals surface area contributed by atoms with Gasteiger partial charge in [-0.15, -0.1) is 0 Å². The fraction of sp³-hybridized carbons (Fsp3) is 0.364. The molecule has 10 heteroatoms. The zero-order valence-electron chi connectivity index (χ0n) is 10.8. The molecule has 0 bridgehead atoms. The van der Waals surface area contributed by atoms with Gasteiger partial charge < -0.3 is 14.0 Å². The van der Waals surface area contributed by atoms with Crippen LogP contribution < -0.4 is 8.92 Å². The molecule has 0 radical (unpaired) electrons. The lowest BCUT2D eigenvalue weighted by molar-refractivity contribution is -0.0500. The first-order valence-corrected chi connectivity index (χ1v) is 6.89. The standard InChI is InChI=1S/C11H11F3O6S/c1-6(2)19-9-5-7(3-4-8(9)10(15)16)20-21(17,18)11(12,13)14/h3-6H,1-2H3,(H,15,16). The quantitative estimate of drug-likeness (QED) is 0.659. The van der Waals surface area contributed by atoms with Gasteiger partial charge in [-0.3, -0.25) is 0 Å². The molecule has 0 saturated heterocycles. The van der Waals surface area contributed by atoms with Gasteiger partial charge in [0.1, 0.15) is 17.1 Å². The Kier molecular flexibility index (Phi) is 4.72. The van der Waals surface area contributed by atoms with E-state index >= 15 is 0 Å². The van der Waals surface area contributed by atoms with Crippen LogP contribution in [-0.2, 0) is 10.1 Å². The summed E-state index contributed by atoms with van der Waals surface area (Å²) in [5.74, 6) is -2.38. The average Bonchev–Trinajstić information content (AvgIpc) is 2.25. The maximum atomic E-state index is 12.2. The Morgan fingerprint density at radius 3 is 2.29 bits per heavy atom. The molecule has 0 heterocycles. The summed E-state index contributed by atoms with van der Waals surface area (Å²) < 4.78 is 67.3. The minimum atomic E-state index is -5.83. The lowest BCUT2D eigenvalue weighted by atomic mass is 10.2. The van der Waals surface area contributed by atoms with Crippen molar-refractivity contribution in [2.75, 3.05) is 0 Å². The van der Waals surface area contributed by atoms with Crippen molar-refractivity contribution >= 4 is 16.1 Å². The van der Waals surface area contributed by atoms with Crippen LogP contribution in [0.15, 0.2) is 18.2 Å². The zero-order chi connectivity index (χ0) is 16.4. The normalized spacial score (nSPS) is 12.3. The number of carboxylic acids is 1. The minimum Gasteiger partial charge on any atom is -0.490 e. The number of hydrogen-bond donors (Lipinski definition) is 1. The van der Waals surface area contributed by atoms with Crippen LogP contribution in [0.1, 0.15) is 24.2 Å². The highest BCUT2D eigenvalue weighted by atomic mass is 32.2. The summed E-state index contributed by atoms with van der Waals surface area (Å²) in [6.07, 6.45) is -0.474. The van der Waals surface area contributed by atoms with E-state index in [9.17, 15) is 26.4 Å². The molecular weight excluding hydrogens is 317 g/mol. The molecular formula is C11H11F3O6S. The van der Waals surface area contributed by atoms with E-state index in [4.69, 9.17) is 9.84 Å². The molecule has 1 N–H and O–H groups in total. The summed E-state index contributed by atoms with van der Waals surface area (Å²) in [5.41, 5.74) is -5.92. The smallest absolute Gasteiger partial charge is 0.490 e. The predicted molar refractivity (Wildman–Crippen MR) is 64.8 cm³/mol. The number of hydrogen-bond acceptors (Lipinski definition) is 5. The van der Waals surface area contributed by atoms with E-state index in [1.807, 2.05) is 0 Å². The summed E-state index contributed by atoms with van der Waals surface area (Å²) in [7, 11) is -5.83. The highest BCUT2D eigenvalue weighted by Crippen LogP contribution is 2.31. The molecule has 0 aliphatic heterocycles. The first kappa shape index (κ1) is 17.1. The van der Waals surface area contributed by atoms with Crippen molar-refractivity contribution in [1.29, 1.82) is 0 Å². The van der Waals surface area contributed by atoms with Gasteiger partial charge in [0.25, 0.3) is 0 Å². The second-order valence-electron chi connectivity index (χ2n) is 4.11. The molecule has 0 unspecified atom stereocenters. The molecule has 0 aliphatic rings. The molecule has 0 amide bonds. The van der Waals surface area contributed by atoms with E-state index in [1.54, 1.807) is 13.8 Å². The van der Waals surface area contributed by atoms with Crippen LogP contribution in [0.4, 0.5) is 13.2 Å². The first-order valence-electron chi connectivity index (χ1n) is 5.49. The van der Waals surface area contributed by atoms with Gasteiger partial charge in [0.2, 0.25) is 0 Å². The van der Waals surface area contributed by atoms with Crippen LogP contribution in [-0.4, -0.2) is 31.1 Å². The lowest BCUT2D eigenvalue weighted by Gasteiger charge is -2.14. The predicted octanol–water partition coefficient (Wildman–Crippen LogP) is 2.40. The minimum absolute atomic E-state index is 0.299. The maximum Gasteiger partial charge on any atom is 0.534 e. The Bertz CT molecular complexity index is 636. The number of halogens is 3. The van der Waals surface area contributed by atoms with Crippen molar-refractivity contribution in [2.24, 2.45) is 0 Å². The third-order valence-corrected chi connectivity index (χ3v) is 3.01. The van der Waals surface area contributed by atoms with Gasteiger partial charge in [-0.25, -0.2) is 4.79 Å². The molecule has 0 spiro atoms. The van der Waals surface area contributed by atoms with Crippen molar-refractivity contribution in [3.8, 4) is 11.5 Å². The number of carboxylic acid groups (broad SMARTS) is 1. The largest absolute Gasteiger partial charge is 0.534 e. The first-order chi connectivity index (χ1) is 9.44. The van der Waals surface area contributed by atoms with Crippen molar-refractivity contribution in [3.63, 3.8) is 0 Å². The molecule has 0 atom stereocenters. The monoisotopic (exact) mass is 328 g/mol. The zero-order valence-corrected chi connectivity index (χ0v) is 11.7. The van der Waals surface area contributed by atoms with Gasteiger partial charge in [0.15, 0.2) is 0 Å². The van der Waals surface area contributed by atoms with Crippen molar-refractivity contribution in [1.82, 2.24) is 0 Å². The van der Waals surface area contributed by atoms with E-state index < -0.39 is 33.4 Å². The Hall–Kier alpha value is -1.97. The van der Waals surface area contributed by atoms with E-state index in [2.05, 4.69) is 4.18 Å². The second-order valence-corrected chi connectivity index (χ2v) is 5.65. The Morgan fingerprint density at radius 1 is 1.29 bits per heavy atom. The van der Waals surface area contributed by atoms with Crippen LogP contribution in [0.3, 0.4) is 0 Å². The van der Waals surface area contributed by atoms with Gasteiger partial charge in [-0.1, -0.05) is 0 Å². The molecule has 1 aromatic carbocycles. The summed E-state index contributed by atoms with van der Waals surface area (Å²) in [6, 6.07) is 2.45. The summed E-state index contributed by atoms with van der Waals surface area (Å²) in [4.78, 5) is 10.9. The second kappa shape index (κ2) is 5.80. The number of rotatable bonds is 5. The van der Waals surface area contributed by atoms with Gasteiger partial charge in [0, 0.05) is 6.07 Å². The van der Waals surface area contributed by atoms with Crippen LogP contribution in [0, 0.1) is 0 Å². The molecule has 6 nitrogen and oxygen atoms in total. The lowest BCUT2D eigenvalue weighted by Crippen LogP contribution is -2.28. The number of benzene rings is 1. The molecule has 0 aromatic heterocycles. The van der Waals surface area contributed by atoms with E-state index in [0.717, 1.165) is 18.2 Å². The summed E-state index contributed by atoms with van der Waals surface area (Å²) in [5, 5.41) is 8.91. The van der Waals surface area contributed by atoms with Crippen LogP contribution in [0.5, 0.6) is 11.5 Å². The molecule has 1 rings (SSSR count). The Labute approximate surface area is 118 Å². The number of ether oxygens (including phenoxy) is 1. The SMILES string of the molecule is CC(C)Oc1cc(OS(=O)(=O)C(F)(F)F)ccc1C(=O)O. The third-order valence-electron chi connectivity index (χ3n) is 2.04. The molecule has 0 aliphatic carbocycles. The fourth-order valence-corrected chi connectivity index (χ4v) is 1.71. The summed E-state index contributed by atoms with van der Waals surface area (Å²) in [6.45, 7) is 3.12. The average molecular weight is 328 g/mol. The van der Waals surface area contributed by atoms with E-state index in [0.29, 0.717) is 0 Å². The summed E-state index contributed by atoms with van der Waals surface area (Å²) >= 11 is 0. The van der Waals surface area contributed by atoms with Crippen LogP contribution >= 0.6 is 0 Å².